The van der Waals surface area contributed by atoms with Gasteiger partial charge in [-0.1, -0.05) is 96.1 Å². The number of carbonyl (C=O) groups excluding carboxylic acids is 8. The lowest BCUT2D eigenvalue weighted by Crippen LogP contribution is -2.58. The van der Waals surface area contributed by atoms with Crippen LogP contribution in [0.2, 0.25) is 0 Å². The fourth-order valence-electron chi connectivity index (χ4n) is 9.41. The molecule has 0 aromatic heterocycles. The molecule has 0 radical (unpaired) electrons. The Balaban J connectivity index is 1.39. The second-order valence-electron chi connectivity index (χ2n) is 19.9. The largest absolute Gasteiger partial charge is 0.507 e. The van der Waals surface area contributed by atoms with E-state index in [0.29, 0.717) is 18.4 Å². The van der Waals surface area contributed by atoms with Crippen LogP contribution in [0.3, 0.4) is 0 Å². The van der Waals surface area contributed by atoms with Crippen molar-refractivity contribution < 1.29 is 63.6 Å². The van der Waals surface area contributed by atoms with E-state index < -0.39 is 103 Å². The molecule has 2 aromatic carbocycles. The number of fused-ring (bicyclic) bond motifs is 5. The Labute approximate surface area is 439 Å². The van der Waals surface area contributed by atoms with Gasteiger partial charge in [0.15, 0.2) is 0 Å². The number of phenolic OH excluding ortho intramolecular Hbond substituents is 2. The summed E-state index contributed by atoms with van der Waals surface area (Å²) in [6.45, 7) is 5.09. The number of carbonyl (C=O) groups is 9. The number of likely N-dealkylation sites (N-methyl/N-ethyl adjacent to an activating group) is 2. The highest BCUT2D eigenvalue weighted by atomic mass is 16.4. The second-order valence-corrected chi connectivity index (χ2v) is 19.9. The minimum atomic E-state index is -1.53. The standard InChI is InChI=1S/C54H80N8O13/c1-7-8-9-10-11-12-13-14-15-16-17-18-19-22-45(66)60(5)42(32-63)51(71)56-33(2)48(68)55-31-46(67)61(6)47-37-24-26-44(65)39(30-37)38-28-36(23-25-43(38)64)29-40(59-49(69)34(3)57-52(47)72)50(70)58-35(4)53(73)62-27-20-21-41(62)54(74)75/h23-26,28,30,33-35,40-42,47,63-65H,7-22,27,29,31-32H2,1-6H3,(H,55,68)(H,56,71)(H,57,72)(H,58,70)(H,59,69)(H,74,75). The van der Waals surface area contributed by atoms with Crippen LogP contribution in [0.4, 0.5) is 0 Å². The number of unbranched alkanes of at least 4 members (excludes halogenated alkanes) is 12. The van der Waals surface area contributed by atoms with Crippen LogP contribution in [-0.4, -0.2) is 158 Å². The van der Waals surface area contributed by atoms with E-state index in [2.05, 4.69) is 33.5 Å². The van der Waals surface area contributed by atoms with Gasteiger partial charge in [-0.25, -0.2) is 4.79 Å². The molecular formula is C54H80N8O13. The van der Waals surface area contributed by atoms with E-state index in [1.807, 2.05) is 0 Å². The zero-order valence-electron chi connectivity index (χ0n) is 44.5. The number of amides is 8. The summed E-state index contributed by atoms with van der Waals surface area (Å²) in [6, 6.07) is -0.773. The van der Waals surface area contributed by atoms with Crippen molar-refractivity contribution in [3.63, 3.8) is 0 Å². The number of benzene rings is 2. The monoisotopic (exact) mass is 1050 g/mol. The Morgan fingerprint density at radius 3 is 1.93 bits per heavy atom. The third-order valence-electron chi connectivity index (χ3n) is 14.1. The molecule has 7 atom stereocenters. The summed E-state index contributed by atoms with van der Waals surface area (Å²) in [5, 5.41) is 54.5. The highest BCUT2D eigenvalue weighted by Gasteiger charge is 2.38. The first-order chi connectivity index (χ1) is 35.7. The molecule has 0 saturated carbocycles. The number of aliphatic hydroxyl groups excluding tert-OH is 1. The van der Waals surface area contributed by atoms with Gasteiger partial charge in [-0.15, -0.1) is 0 Å². The van der Waals surface area contributed by atoms with Gasteiger partial charge in [0, 0.05) is 44.6 Å². The van der Waals surface area contributed by atoms with Gasteiger partial charge in [-0.2, -0.15) is 0 Å². The van der Waals surface area contributed by atoms with Gasteiger partial charge in [0.05, 0.1) is 13.2 Å². The number of hydrogen-bond acceptors (Lipinski definition) is 12. The number of aliphatic carboxylic acids is 1. The topological polar surface area (TPSA) is 304 Å². The third-order valence-corrected chi connectivity index (χ3v) is 14.1. The van der Waals surface area contributed by atoms with Crippen molar-refractivity contribution in [3.05, 3.63) is 47.5 Å². The van der Waals surface area contributed by atoms with Crippen LogP contribution >= 0.6 is 0 Å². The van der Waals surface area contributed by atoms with Crippen molar-refractivity contribution in [2.24, 2.45) is 0 Å². The molecule has 21 nitrogen and oxygen atoms in total. The first-order valence-corrected chi connectivity index (χ1v) is 26.5. The molecule has 4 bridgehead atoms. The maximum Gasteiger partial charge on any atom is 0.326 e. The first kappa shape index (κ1) is 60.8. The van der Waals surface area contributed by atoms with E-state index in [4.69, 9.17) is 0 Å². The number of likely N-dealkylation sites (tertiary alicyclic amines) is 1. The zero-order chi connectivity index (χ0) is 55.4. The lowest BCUT2D eigenvalue weighted by Gasteiger charge is -2.30. The van der Waals surface area contributed by atoms with E-state index in [0.717, 1.165) is 35.5 Å². The molecule has 9 N–H and O–H groups in total. The fraction of sp³-hybridized carbons (Fsp3) is 0.611. The molecule has 4 rings (SSSR count). The van der Waals surface area contributed by atoms with Crippen molar-refractivity contribution in [1.29, 1.82) is 0 Å². The van der Waals surface area contributed by atoms with Gasteiger partial charge in [0.2, 0.25) is 47.3 Å². The van der Waals surface area contributed by atoms with E-state index in [1.165, 1.54) is 128 Å². The zero-order valence-corrected chi connectivity index (χ0v) is 44.5. The Morgan fingerprint density at radius 2 is 1.33 bits per heavy atom. The summed E-state index contributed by atoms with van der Waals surface area (Å²) in [5.74, 6) is -7.71. The van der Waals surface area contributed by atoms with Gasteiger partial charge in [-0.05, 0) is 75.4 Å². The van der Waals surface area contributed by atoms with Crippen molar-refractivity contribution in [1.82, 2.24) is 41.3 Å². The number of hydrogen-bond donors (Lipinski definition) is 9. The number of phenols is 2. The molecule has 0 aliphatic carbocycles. The highest BCUT2D eigenvalue weighted by Crippen LogP contribution is 2.39. The lowest BCUT2D eigenvalue weighted by molar-refractivity contribution is -0.149. The van der Waals surface area contributed by atoms with Gasteiger partial charge in [0.1, 0.15) is 53.8 Å². The molecular weight excluding hydrogens is 969 g/mol. The number of rotatable bonds is 26. The van der Waals surface area contributed by atoms with E-state index >= 15 is 0 Å². The molecule has 21 heteroatoms. The predicted octanol–water partition coefficient (Wildman–Crippen LogP) is 3.31. The summed E-state index contributed by atoms with van der Waals surface area (Å²) in [5.41, 5.74) is 0.609. The van der Waals surface area contributed by atoms with Crippen LogP contribution in [0, 0.1) is 0 Å². The molecule has 2 aliphatic heterocycles. The number of nitrogens with one attached hydrogen (secondary N) is 5. The van der Waals surface area contributed by atoms with Gasteiger partial charge >= 0.3 is 5.97 Å². The second kappa shape index (κ2) is 29.9. The molecule has 2 aliphatic rings. The Morgan fingerprint density at radius 1 is 0.747 bits per heavy atom. The number of carboxylic acid groups (broad SMARTS) is 1. The van der Waals surface area contributed by atoms with Gasteiger partial charge in [-0.3, -0.25) is 38.4 Å². The summed E-state index contributed by atoms with van der Waals surface area (Å²) < 4.78 is 0. The van der Waals surface area contributed by atoms with Crippen LogP contribution in [0.25, 0.3) is 11.1 Å². The fourth-order valence-corrected chi connectivity index (χ4v) is 9.41. The van der Waals surface area contributed by atoms with Gasteiger partial charge < -0.3 is 61.7 Å². The molecule has 75 heavy (non-hydrogen) atoms. The SMILES string of the molecule is CCCCCCCCCCCCCCCC(=O)N(C)C(CO)C(=O)NC(C)C(=O)NCC(=O)N(C)C1C(=O)NC(C)C(=O)NC(C(=O)NC(C)C(=O)N2CCCC2C(=O)O)Cc2ccc(O)c(c2)-c2cc1ccc2O. The smallest absolute Gasteiger partial charge is 0.326 e. The predicted molar refractivity (Wildman–Crippen MR) is 279 cm³/mol. The molecule has 414 valence electrons. The Kier molecular flexibility index (Phi) is 24.3. The van der Waals surface area contributed by atoms with E-state index in [-0.39, 0.29) is 59.9 Å². The number of aromatic hydroxyl groups is 2. The number of carboxylic acids is 1. The van der Waals surface area contributed by atoms with Crippen LogP contribution in [0.15, 0.2) is 36.4 Å². The molecule has 2 heterocycles. The molecule has 1 fully saturated rings. The minimum absolute atomic E-state index is 0.0319. The van der Waals surface area contributed by atoms with Crippen LogP contribution in [0.5, 0.6) is 11.5 Å². The highest BCUT2D eigenvalue weighted by molar-refractivity contribution is 5.98. The van der Waals surface area contributed by atoms with E-state index in [9.17, 15) is 63.6 Å². The van der Waals surface area contributed by atoms with Crippen molar-refractivity contribution in [3.8, 4) is 22.6 Å². The molecule has 2 aromatic rings. The van der Waals surface area contributed by atoms with Crippen molar-refractivity contribution >= 4 is 53.2 Å². The van der Waals surface area contributed by atoms with Gasteiger partial charge in [0.25, 0.3) is 0 Å². The maximum absolute atomic E-state index is 14.2. The van der Waals surface area contributed by atoms with Crippen LogP contribution in [-0.2, 0) is 49.6 Å². The van der Waals surface area contributed by atoms with Crippen LogP contribution in [0.1, 0.15) is 148 Å². The number of nitrogens with zero attached hydrogens (tertiary/aromatic N) is 3. The summed E-state index contributed by atoms with van der Waals surface area (Å²) in [6.07, 6.45) is 15.7. The maximum atomic E-state index is 14.2. The Hall–Kier alpha value is -6.77. The van der Waals surface area contributed by atoms with E-state index in [1.54, 1.807) is 0 Å². The minimum Gasteiger partial charge on any atom is -0.507 e. The molecule has 8 amide bonds. The normalized spacial score (nSPS) is 18.8. The summed E-state index contributed by atoms with van der Waals surface area (Å²) >= 11 is 0. The molecule has 1 saturated heterocycles. The average molecular weight is 1050 g/mol. The molecule has 7 unspecified atom stereocenters. The van der Waals surface area contributed by atoms with Crippen LogP contribution < -0.4 is 26.6 Å². The first-order valence-electron chi connectivity index (χ1n) is 26.5. The van der Waals surface area contributed by atoms with Crippen molar-refractivity contribution in [2.45, 2.75) is 179 Å². The average Bonchev–Trinajstić information content (AvgIpc) is 3.88. The Bertz CT molecular complexity index is 2330. The lowest BCUT2D eigenvalue weighted by atomic mass is 9.93. The quantitative estimate of drug-likeness (QED) is 0.0612. The molecule has 0 spiro atoms. The summed E-state index contributed by atoms with van der Waals surface area (Å²) in [4.78, 5) is 124. The third kappa shape index (κ3) is 17.7. The number of aliphatic hydroxyl groups is 1. The summed E-state index contributed by atoms with van der Waals surface area (Å²) in [7, 11) is 2.68. The van der Waals surface area contributed by atoms with Crippen molar-refractivity contribution in [2.75, 3.05) is 33.8 Å².